The van der Waals surface area contributed by atoms with Crippen LogP contribution in [0.1, 0.15) is 27.2 Å². The van der Waals surface area contributed by atoms with Gasteiger partial charge in [0.25, 0.3) is 0 Å². The number of carbonyl (C=O) groups is 1. The van der Waals surface area contributed by atoms with Crippen LogP contribution in [0.2, 0.25) is 0 Å². The van der Waals surface area contributed by atoms with Crippen molar-refractivity contribution in [2.45, 2.75) is 33.2 Å². The molecule has 2 N–H and O–H groups in total. The minimum atomic E-state index is -0.484. The molecule has 0 fully saturated rings. The van der Waals surface area contributed by atoms with Gasteiger partial charge >= 0.3 is 6.03 Å². The highest BCUT2D eigenvalue weighted by atomic mass is 16.2. The van der Waals surface area contributed by atoms with Crippen LogP contribution < -0.4 is 5.73 Å². The number of carbonyl (C=O) groups excluding carboxylic acids is 1. The fourth-order valence-corrected chi connectivity index (χ4v) is 0.991. The van der Waals surface area contributed by atoms with E-state index in [9.17, 15) is 4.79 Å². The maximum Gasteiger partial charge on any atom is 0.319 e. The second-order valence-corrected chi connectivity index (χ2v) is 3.43. The summed E-state index contributed by atoms with van der Waals surface area (Å²) in [7, 11) is 1.60. The Morgan fingerprint density at radius 1 is 1.62 bits per heavy atom. The van der Waals surface area contributed by atoms with Crippen LogP contribution in [0.4, 0.5) is 4.79 Å². The second kappa shape index (κ2) is 5.56. The highest BCUT2D eigenvalue weighted by Crippen LogP contribution is 2.09. The molecule has 0 aliphatic heterocycles. The Hall–Kier alpha value is -1.06. The van der Waals surface area contributed by atoms with E-state index < -0.39 is 6.03 Å². The third-order valence-electron chi connectivity index (χ3n) is 1.97. The average Bonchev–Trinajstić information content (AvgIpc) is 2.04. The van der Waals surface area contributed by atoms with Gasteiger partial charge in [0.1, 0.15) is 0 Å². The number of rotatable bonds is 4. The lowest BCUT2D eigenvalue weighted by Gasteiger charge is -2.15. The van der Waals surface area contributed by atoms with Crippen molar-refractivity contribution in [1.82, 2.24) is 4.90 Å². The number of aliphatic imine (C=N–C) groups is 1. The maximum absolute atomic E-state index is 10.6. The van der Waals surface area contributed by atoms with Gasteiger partial charge in [0.15, 0.2) is 0 Å². The maximum atomic E-state index is 10.6. The lowest BCUT2D eigenvalue weighted by atomic mass is 10.0. The van der Waals surface area contributed by atoms with Crippen LogP contribution in [0.5, 0.6) is 0 Å². The molecular formula is C9H19N3O. The van der Waals surface area contributed by atoms with E-state index in [4.69, 9.17) is 5.73 Å². The van der Waals surface area contributed by atoms with Gasteiger partial charge in [-0.25, -0.2) is 4.79 Å². The molecule has 0 aromatic carbocycles. The third-order valence-corrected chi connectivity index (χ3v) is 1.97. The molecule has 13 heavy (non-hydrogen) atoms. The SMILES string of the molecule is CCC(/N=C\N(C)C(N)=O)C(C)C. The number of nitrogens with zero attached hydrogens (tertiary/aromatic N) is 2. The van der Waals surface area contributed by atoms with E-state index in [0.717, 1.165) is 6.42 Å². The highest BCUT2D eigenvalue weighted by molar-refractivity contribution is 5.84. The average molecular weight is 185 g/mol. The van der Waals surface area contributed by atoms with Crippen LogP contribution in [-0.2, 0) is 0 Å². The van der Waals surface area contributed by atoms with Crippen LogP contribution in [0.15, 0.2) is 4.99 Å². The molecule has 76 valence electrons. The molecule has 0 saturated heterocycles. The Kier molecular flexibility index (Phi) is 5.11. The lowest BCUT2D eigenvalue weighted by Crippen LogP contribution is -2.31. The summed E-state index contributed by atoms with van der Waals surface area (Å²) in [5.41, 5.74) is 5.04. The molecule has 0 heterocycles. The van der Waals surface area contributed by atoms with Crippen molar-refractivity contribution in [2.75, 3.05) is 7.05 Å². The standard InChI is InChI=1S/C9H19N3O/c1-5-8(7(2)3)11-6-12(4)9(10)13/h6-8H,5H2,1-4H3,(H2,10,13)/b11-6-. The van der Waals surface area contributed by atoms with Gasteiger partial charge in [0, 0.05) is 7.05 Å². The Morgan fingerprint density at radius 2 is 2.15 bits per heavy atom. The first-order chi connectivity index (χ1) is 5.99. The molecular weight excluding hydrogens is 166 g/mol. The molecule has 0 aromatic heterocycles. The summed E-state index contributed by atoms with van der Waals surface area (Å²) in [6.45, 7) is 6.29. The fourth-order valence-electron chi connectivity index (χ4n) is 0.991. The molecule has 0 spiro atoms. The number of nitrogens with two attached hydrogens (primary N) is 1. The molecule has 0 aliphatic carbocycles. The lowest BCUT2D eigenvalue weighted by molar-refractivity contribution is 0.236. The van der Waals surface area contributed by atoms with E-state index in [-0.39, 0.29) is 6.04 Å². The zero-order valence-corrected chi connectivity index (χ0v) is 8.82. The van der Waals surface area contributed by atoms with Crippen molar-refractivity contribution in [3.63, 3.8) is 0 Å². The largest absolute Gasteiger partial charge is 0.351 e. The first kappa shape index (κ1) is 11.9. The van der Waals surface area contributed by atoms with Crippen LogP contribution >= 0.6 is 0 Å². The van der Waals surface area contributed by atoms with Crippen molar-refractivity contribution in [3.8, 4) is 0 Å². The third kappa shape index (κ3) is 4.50. The predicted octanol–water partition coefficient (Wildman–Crippen LogP) is 1.46. The van der Waals surface area contributed by atoms with Gasteiger partial charge < -0.3 is 5.73 Å². The molecule has 0 aromatic rings. The Labute approximate surface area is 79.8 Å². The number of urea groups is 1. The second-order valence-electron chi connectivity index (χ2n) is 3.43. The van der Waals surface area contributed by atoms with E-state index in [1.165, 1.54) is 11.2 Å². The summed E-state index contributed by atoms with van der Waals surface area (Å²) in [5.74, 6) is 0.488. The van der Waals surface area contributed by atoms with E-state index in [1.807, 2.05) is 0 Å². The molecule has 0 radical (unpaired) electrons. The predicted molar refractivity (Wildman–Crippen MR) is 54.8 cm³/mol. The first-order valence-electron chi connectivity index (χ1n) is 4.54. The van der Waals surface area contributed by atoms with E-state index in [0.29, 0.717) is 5.92 Å². The van der Waals surface area contributed by atoms with Crippen LogP contribution in [-0.4, -0.2) is 30.4 Å². The monoisotopic (exact) mass is 185 g/mol. The molecule has 0 bridgehead atoms. The van der Waals surface area contributed by atoms with Gasteiger partial charge in [0.05, 0.1) is 12.4 Å². The number of primary amides is 1. The van der Waals surface area contributed by atoms with Gasteiger partial charge in [-0.15, -0.1) is 0 Å². The first-order valence-corrected chi connectivity index (χ1v) is 4.54. The Morgan fingerprint density at radius 3 is 2.46 bits per heavy atom. The molecule has 1 unspecified atom stereocenters. The van der Waals surface area contributed by atoms with E-state index in [1.54, 1.807) is 7.05 Å². The molecule has 0 rings (SSSR count). The van der Waals surface area contributed by atoms with E-state index in [2.05, 4.69) is 25.8 Å². The van der Waals surface area contributed by atoms with Gasteiger partial charge in [-0.3, -0.25) is 9.89 Å². The van der Waals surface area contributed by atoms with Crippen molar-refractivity contribution in [3.05, 3.63) is 0 Å². The van der Waals surface area contributed by atoms with Crippen molar-refractivity contribution in [2.24, 2.45) is 16.6 Å². The van der Waals surface area contributed by atoms with Crippen molar-refractivity contribution >= 4 is 12.4 Å². The Bertz CT molecular complexity index is 189. The summed E-state index contributed by atoms with van der Waals surface area (Å²) in [6.07, 6.45) is 2.47. The fraction of sp³-hybridized carbons (Fsp3) is 0.778. The minimum absolute atomic E-state index is 0.266. The molecule has 4 nitrogen and oxygen atoms in total. The number of hydrogen-bond acceptors (Lipinski definition) is 2. The van der Waals surface area contributed by atoms with Crippen LogP contribution in [0.25, 0.3) is 0 Å². The Balaban J connectivity index is 4.14. The molecule has 1 atom stereocenters. The number of amides is 2. The molecule has 2 amide bonds. The zero-order valence-electron chi connectivity index (χ0n) is 8.82. The summed E-state index contributed by atoms with van der Waals surface area (Å²) < 4.78 is 0. The smallest absolute Gasteiger partial charge is 0.319 e. The molecule has 0 saturated carbocycles. The van der Waals surface area contributed by atoms with Crippen LogP contribution in [0, 0.1) is 5.92 Å². The summed E-state index contributed by atoms with van der Waals surface area (Å²) in [5, 5.41) is 0. The summed E-state index contributed by atoms with van der Waals surface area (Å²) in [6, 6.07) is -0.218. The normalized spacial score (nSPS) is 13.6. The number of hydrogen-bond donors (Lipinski definition) is 1. The summed E-state index contributed by atoms with van der Waals surface area (Å²) >= 11 is 0. The van der Waals surface area contributed by atoms with Gasteiger partial charge in [-0.05, 0) is 12.3 Å². The molecule has 4 heteroatoms. The van der Waals surface area contributed by atoms with E-state index >= 15 is 0 Å². The van der Waals surface area contributed by atoms with Gasteiger partial charge in [0.2, 0.25) is 0 Å². The van der Waals surface area contributed by atoms with Crippen molar-refractivity contribution < 1.29 is 4.79 Å². The zero-order chi connectivity index (χ0) is 10.4. The highest BCUT2D eigenvalue weighted by Gasteiger charge is 2.08. The van der Waals surface area contributed by atoms with Crippen LogP contribution in [0.3, 0.4) is 0 Å². The molecule has 0 aliphatic rings. The van der Waals surface area contributed by atoms with Gasteiger partial charge in [-0.2, -0.15) is 0 Å². The van der Waals surface area contributed by atoms with Crippen molar-refractivity contribution in [1.29, 1.82) is 0 Å². The van der Waals surface area contributed by atoms with Gasteiger partial charge in [-0.1, -0.05) is 20.8 Å². The minimum Gasteiger partial charge on any atom is -0.351 e. The quantitative estimate of drug-likeness (QED) is 0.523. The summed E-state index contributed by atoms with van der Waals surface area (Å²) in [4.78, 5) is 16.2. The topological polar surface area (TPSA) is 58.7 Å².